The number of fused-ring (bicyclic) bond motifs is 7. The summed E-state index contributed by atoms with van der Waals surface area (Å²) in [6.45, 7) is 0. The van der Waals surface area contributed by atoms with Gasteiger partial charge in [-0.25, -0.2) is 0 Å². The summed E-state index contributed by atoms with van der Waals surface area (Å²) in [6, 6.07) is 66.2. The highest BCUT2D eigenvalue weighted by molar-refractivity contribution is 7.27. The number of hydrogen-bond donors (Lipinski definition) is 1. The molecule has 0 aliphatic heterocycles. The maximum absolute atomic E-state index is 3.77. The van der Waals surface area contributed by atoms with Crippen LogP contribution < -0.4 is 5.32 Å². The predicted octanol–water partition coefficient (Wildman–Crippen LogP) is 14.3. The van der Waals surface area contributed by atoms with Crippen molar-refractivity contribution in [1.29, 1.82) is 0 Å². The van der Waals surface area contributed by atoms with Crippen molar-refractivity contribution in [3.8, 4) is 33.4 Å². The molecule has 1 nitrogen and oxygen atoms in total. The second-order valence-electron chi connectivity index (χ2n) is 13.0. The Morgan fingerprint density at radius 2 is 0.900 bits per heavy atom. The first-order valence-electron chi connectivity index (χ1n) is 17.1. The molecule has 0 fully saturated rings. The van der Waals surface area contributed by atoms with Crippen molar-refractivity contribution in [3.63, 3.8) is 0 Å². The van der Waals surface area contributed by atoms with E-state index in [-0.39, 0.29) is 0 Å². The van der Waals surface area contributed by atoms with Gasteiger partial charge < -0.3 is 5.32 Å². The smallest absolute Gasteiger partial charge is 0.0590 e. The van der Waals surface area contributed by atoms with Crippen molar-refractivity contribution in [3.05, 3.63) is 182 Å². The lowest BCUT2D eigenvalue weighted by Gasteiger charge is -2.10. The van der Waals surface area contributed by atoms with Crippen LogP contribution in [-0.2, 0) is 0 Å². The minimum absolute atomic E-state index is 1.08. The van der Waals surface area contributed by atoms with E-state index in [4.69, 9.17) is 0 Å². The molecule has 1 N–H and O–H groups in total. The number of anilines is 2. The number of thiophene rings is 1. The van der Waals surface area contributed by atoms with Gasteiger partial charge >= 0.3 is 0 Å². The second-order valence-corrected chi connectivity index (χ2v) is 14.1. The van der Waals surface area contributed by atoms with Crippen LogP contribution in [-0.4, -0.2) is 0 Å². The SMILES string of the molecule is c1ccc(-c2cc3ccccc3c3c2sc2c(Nc4ccc(-c5ccc6cc(-c7ccc8ccccc8c7)ccc6c5)cc4)cccc23)cc1. The molecule has 0 bridgehead atoms. The summed E-state index contributed by atoms with van der Waals surface area (Å²) < 4.78 is 2.60. The van der Waals surface area contributed by atoms with Crippen LogP contribution in [0, 0.1) is 0 Å². The van der Waals surface area contributed by atoms with E-state index in [0.29, 0.717) is 0 Å². The molecule has 0 radical (unpaired) electrons. The molecule has 0 unspecified atom stereocenters. The normalized spacial score (nSPS) is 11.6. The number of benzene rings is 9. The number of hydrogen-bond acceptors (Lipinski definition) is 2. The molecule has 9 aromatic carbocycles. The Hall–Kier alpha value is -6.22. The Morgan fingerprint density at radius 3 is 1.64 bits per heavy atom. The maximum atomic E-state index is 3.77. The van der Waals surface area contributed by atoms with Crippen molar-refractivity contribution in [1.82, 2.24) is 0 Å². The zero-order chi connectivity index (χ0) is 33.0. The molecule has 234 valence electrons. The van der Waals surface area contributed by atoms with E-state index in [1.165, 1.54) is 85.9 Å². The van der Waals surface area contributed by atoms with E-state index in [1.54, 1.807) is 0 Å². The average Bonchev–Trinajstić information content (AvgIpc) is 3.59. The molecule has 0 atom stereocenters. The van der Waals surface area contributed by atoms with Crippen LogP contribution in [0.15, 0.2) is 182 Å². The molecular formula is C48H31NS. The van der Waals surface area contributed by atoms with E-state index < -0.39 is 0 Å². The van der Waals surface area contributed by atoms with Gasteiger partial charge in [0, 0.05) is 26.7 Å². The van der Waals surface area contributed by atoms with E-state index in [9.17, 15) is 0 Å². The Bertz CT molecular complexity index is 2880. The molecule has 0 aliphatic rings. The summed E-state index contributed by atoms with van der Waals surface area (Å²) in [5.74, 6) is 0. The van der Waals surface area contributed by atoms with E-state index >= 15 is 0 Å². The third-order valence-electron chi connectivity index (χ3n) is 10.00. The van der Waals surface area contributed by atoms with Crippen LogP contribution >= 0.6 is 11.3 Å². The van der Waals surface area contributed by atoms with Gasteiger partial charge in [0.25, 0.3) is 0 Å². The minimum Gasteiger partial charge on any atom is -0.354 e. The lowest BCUT2D eigenvalue weighted by molar-refractivity contribution is 1.57. The van der Waals surface area contributed by atoms with Gasteiger partial charge in [-0.1, -0.05) is 140 Å². The molecule has 1 aromatic heterocycles. The zero-order valence-corrected chi connectivity index (χ0v) is 28.0. The van der Waals surface area contributed by atoms with Gasteiger partial charge in [0.1, 0.15) is 0 Å². The predicted molar refractivity (Wildman–Crippen MR) is 218 cm³/mol. The topological polar surface area (TPSA) is 12.0 Å². The van der Waals surface area contributed by atoms with Gasteiger partial charge in [-0.15, -0.1) is 11.3 Å². The third-order valence-corrected chi connectivity index (χ3v) is 11.3. The highest BCUT2D eigenvalue weighted by Crippen LogP contribution is 2.46. The molecule has 10 aromatic rings. The molecule has 1 heterocycles. The van der Waals surface area contributed by atoms with Crippen molar-refractivity contribution >= 4 is 75.2 Å². The number of rotatable bonds is 5. The van der Waals surface area contributed by atoms with Crippen molar-refractivity contribution in [2.45, 2.75) is 0 Å². The maximum Gasteiger partial charge on any atom is 0.0590 e. The van der Waals surface area contributed by atoms with Crippen LogP contribution in [0.4, 0.5) is 11.4 Å². The van der Waals surface area contributed by atoms with Gasteiger partial charge in [-0.05, 0) is 103 Å². The Labute approximate surface area is 294 Å². The van der Waals surface area contributed by atoms with Gasteiger partial charge in [0.05, 0.1) is 10.4 Å². The van der Waals surface area contributed by atoms with Crippen LogP contribution in [0.2, 0.25) is 0 Å². The van der Waals surface area contributed by atoms with Gasteiger partial charge in [0.15, 0.2) is 0 Å². The van der Waals surface area contributed by atoms with E-state index in [1.807, 2.05) is 11.3 Å². The first-order valence-corrected chi connectivity index (χ1v) is 17.9. The van der Waals surface area contributed by atoms with Gasteiger partial charge in [-0.3, -0.25) is 0 Å². The fourth-order valence-corrected chi connectivity index (χ4v) is 8.78. The largest absolute Gasteiger partial charge is 0.354 e. The molecule has 10 rings (SSSR count). The van der Waals surface area contributed by atoms with Crippen LogP contribution in [0.3, 0.4) is 0 Å². The summed E-state index contributed by atoms with van der Waals surface area (Å²) in [5.41, 5.74) is 9.65. The molecular weight excluding hydrogens is 623 g/mol. The minimum atomic E-state index is 1.08. The summed E-state index contributed by atoms with van der Waals surface area (Å²) in [7, 11) is 0. The van der Waals surface area contributed by atoms with E-state index in [2.05, 4.69) is 187 Å². The number of nitrogens with one attached hydrogen (secondary N) is 1. The van der Waals surface area contributed by atoms with Crippen LogP contribution in [0.5, 0.6) is 0 Å². The lowest BCUT2D eigenvalue weighted by Crippen LogP contribution is -1.90. The summed E-state index contributed by atoms with van der Waals surface area (Å²) >= 11 is 1.88. The zero-order valence-electron chi connectivity index (χ0n) is 27.2. The summed E-state index contributed by atoms with van der Waals surface area (Å²) in [5, 5.41) is 14.0. The van der Waals surface area contributed by atoms with Crippen LogP contribution in [0.1, 0.15) is 0 Å². The molecule has 0 spiro atoms. The fraction of sp³-hybridized carbons (Fsp3) is 0. The van der Waals surface area contributed by atoms with E-state index in [0.717, 1.165) is 11.4 Å². The highest BCUT2D eigenvalue weighted by Gasteiger charge is 2.16. The average molecular weight is 654 g/mol. The summed E-state index contributed by atoms with van der Waals surface area (Å²) in [4.78, 5) is 0. The second kappa shape index (κ2) is 11.7. The summed E-state index contributed by atoms with van der Waals surface area (Å²) in [6.07, 6.45) is 0. The fourth-order valence-electron chi connectivity index (χ4n) is 7.45. The Balaban J connectivity index is 0.972. The van der Waals surface area contributed by atoms with Crippen LogP contribution in [0.25, 0.3) is 85.9 Å². The molecule has 0 amide bonds. The van der Waals surface area contributed by atoms with Gasteiger partial charge in [0.2, 0.25) is 0 Å². The molecule has 0 saturated carbocycles. The molecule has 0 saturated heterocycles. The van der Waals surface area contributed by atoms with Crippen molar-refractivity contribution < 1.29 is 0 Å². The Kier molecular flexibility index (Phi) is 6.75. The molecule has 50 heavy (non-hydrogen) atoms. The van der Waals surface area contributed by atoms with Gasteiger partial charge in [-0.2, -0.15) is 0 Å². The first kappa shape index (κ1) is 28.8. The highest BCUT2D eigenvalue weighted by atomic mass is 32.1. The quantitative estimate of drug-likeness (QED) is 0.195. The molecule has 0 aliphatic carbocycles. The Morgan fingerprint density at radius 1 is 0.340 bits per heavy atom. The monoisotopic (exact) mass is 653 g/mol. The lowest BCUT2D eigenvalue weighted by atomic mass is 9.96. The molecule has 2 heteroatoms. The standard InChI is InChI=1S/C48H31NS/c1-2-10-33(11-3-1)44-30-40-13-6-7-14-42(40)46-43-15-8-16-45(47(43)50-48(44)46)49-41-25-23-32(24-26-41)35-19-20-38-29-39(22-21-37(38)28-35)36-18-17-31-9-4-5-12-34(31)27-36/h1-30,49H. The first-order chi connectivity index (χ1) is 24.7. The third kappa shape index (κ3) is 4.92. The van der Waals surface area contributed by atoms with Crippen molar-refractivity contribution in [2.24, 2.45) is 0 Å². The van der Waals surface area contributed by atoms with Crippen molar-refractivity contribution in [2.75, 3.05) is 5.32 Å².